The lowest BCUT2D eigenvalue weighted by Gasteiger charge is -2.45. The Morgan fingerprint density at radius 2 is 1.81 bits per heavy atom. The van der Waals surface area contributed by atoms with Crippen LogP contribution >= 0.6 is 11.8 Å². The average molecular weight is 454 g/mol. The first-order chi connectivity index (χ1) is 15.5. The summed E-state index contributed by atoms with van der Waals surface area (Å²) in [5, 5.41) is 41.7. The molecule has 1 saturated heterocycles. The first kappa shape index (κ1) is 21.8. The Balaban J connectivity index is 1.58. The number of hydrogen-bond donors (Lipinski definition) is 4. The van der Waals surface area contributed by atoms with E-state index in [4.69, 9.17) is 4.74 Å². The SMILES string of the molecule is CCc1ccc(Cc2ccnc3cc4c(cc23)[C@]2(OC4)S[C@H](CO)[C@@H](O)[C@H](O)[C@H]2O)cc1. The number of aryl methyl sites for hydroxylation is 1. The number of pyridine rings is 1. The highest BCUT2D eigenvalue weighted by atomic mass is 32.2. The predicted octanol–water partition coefficient (Wildman–Crippen LogP) is 2.26. The Hall–Kier alpha value is -2.00. The number of fused-ring (bicyclic) bond motifs is 3. The van der Waals surface area contributed by atoms with E-state index in [1.165, 1.54) is 22.9 Å². The van der Waals surface area contributed by atoms with Crippen LogP contribution in [0.1, 0.15) is 34.7 Å². The molecule has 4 N–H and O–H groups in total. The van der Waals surface area contributed by atoms with Crippen LogP contribution in [0.4, 0.5) is 0 Å². The van der Waals surface area contributed by atoms with Crippen LogP contribution in [0.25, 0.3) is 10.9 Å². The fourth-order valence-electron chi connectivity index (χ4n) is 4.75. The minimum Gasteiger partial charge on any atom is -0.395 e. The summed E-state index contributed by atoms with van der Waals surface area (Å²) >= 11 is 1.17. The second-order valence-corrected chi connectivity index (χ2v) is 10.0. The lowest BCUT2D eigenvalue weighted by atomic mass is 9.91. The first-order valence-electron chi connectivity index (χ1n) is 10.9. The van der Waals surface area contributed by atoms with E-state index in [1.54, 1.807) is 0 Å². The van der Waals surface area contributed by atoms with Gasteiger partial charge in [0.15, 0.2) is 4.93 Å². The highest BCUT2D eigenvalue weighted by Crippen LogP contribution is 2.54. The van der Waals surface area contributed by atoms with Crippen molar-refractivity contribution in [3.8, 4) is 0 Å². The third-order valence-corrected chi connectivity index (χ3v) is 8.31. The topological polar surface area (TPSA) is 103 Å². The number of aliphatic hydroxyl groups is 4. The van der Waals surface area contributed by atoms with Gasteiger partial charge in [0.25, 0.3) is 0 Å². The van der Waals surface area contributed by atoms with Gasteiger partial charge in [0.1, 0.15) is 12.2 Å². The Morgan fingerprint density at radius 3 is 2.53 bits per heavy atom. The number of ether oxygens (including phenoxy) is 1. The third-order valence-electron chi connectivity index (χ3n) is 6.65. The Morgan fingerprint density at radius 1 is 1.06 bits per heavy atom. The van der Waals surface area contributed by atoms with Crippen LogP contribution in [-0.2, 0) is 29.1 Å². The smallest absolute Gasteiger partial charge is 0.168 e. The summed E-state index contributed by atoms with van der Waals surface area (Å²) in [7, 11) is 0. The molecule has 1 fully saturated rings. The molecule has 0 bridgehead atoms. The number of thioether (sulfide) groups is 1. The lowest BCUT2D eigenvalue weighted by Crippen LogP contribution is -2.58. The summed E-state index contributed by atoms with van der Waals surface area (Å²) < 4.78 is 6.07. The lowest BCUT2D eigenvalue weighted by molar-refractivity contribution is -0.147. The zero-order valence-electron chi connectivity index (χ0n) is 17.8. The quantitative estimate of drug-likeness (QED) is 0.481. The van der Waals surface area contributed by atoms with Crippen molar-refractivity contribution in [2.24, 2.45) is 0 Å². The van der Waals surface area contributed by atoms with Gasteiger partial charge in [-0.15, -0.1) is 11.8 Å². The highest BCUT2D eigenvalue weighted by molar-refractivity contribution is 8.00. The van der Waals surface area contributed by atoms with E-state index in [0.717, 1.165) is 40.4 Å². The van der Waals surface area contributed by atoms with E-state index in [1.807, 2.05) is 24.4 Å². The summed E-state index contributed by atoms with van der Waals surface area (Å²) in [5.41, 5.74) is 6.11. The van der Waals surface area contributed by atoms with Gasteiger partial charge < -0.3 is 25.2 Å². The largest absolute Gasteiger partial charge is 0.395 e. The van der Waals surface area contributed by atoms with Gasteiger partial charge >= 0.3 is 0 Å². The first-order valence-corrected chi connectivity index (χ1v) is 11.8. The molecule has 0 aliphatic carbocycles. The number of benzene rings is 2. The van der Waals surface area contributed by atoms with Gasteiger partial charge in [-0.3, -0.25) is 4.98 Å². The van der Waals surface area contributed by atoms with E-state index < -0.39 is 28.5 Å². The van der Waals surface area contributed by atoms with Crippen molar-refractivity contribution in [2.75, 3.05) is 6.61 Å². The summed E-state index contributed by atoms with van der Waals surface area (Å²) in [6, 6.07) is 14.6. The summed E-state index contributed by atoms with van der Waals surface area (Å²) in [6.45, 7) is 2.07. The fraction of sp³-hybridized carbons (Fsp3) is 0.400. The molecular formula is C25H27NO5S. The van der Waals surface area contributed by atoms with Crippen molar-refractivity contribution in [1.82, 2.24) is 4.98 Å². The maximum absolute atomic E-state index is 10.9. The van der Waals surface area contributed by atoms with Gasteiger partial charge in [0, 0.05) is 17.1 Å². The van der Waals surface area contributed by atoms with Gasteiger partial charge in [-0.2, -0.15) is 0 Å². The van der Waals surface area contributed by atoms with Crippen molar-refractivity contribution in [1.29, 1.82) is 0 Å². The summed E-state index contributed by atoms with van der Waals surface area (Å²) in [4.78, 5) is 3.30. The van der Waals surface area contributed by atoms with E-state index in [2.05, 4.69) is 36.2 Å². The molecule has 2 aliphatic rings. The molecule has 5 rings (SSSR count). The normalized spacial score (nSPS) is 29.5. The van der Waals surface area contributed by atoms with E-state index in [9.17, 15) is 20.4 Å². The van der Waals surface area contributed by atoms with Crippen LogP contribution in [0.3, 0.4) is 0 Å². The monoisotopic (exact) mass is 453 g/mol. The minimum absolute atomic E-state index is 0.265. The van der Waals surface area contributed by atoms with Crippen LogP contribution in [0.2, 0.25) is 0 Å². The van der Waals surface area contributed by atoms with Crippen LogP contribution in [0, 0.1) is 0 Å². The van der Waals surface area contributed by atoms with Crippen LogP contribution < -0.4 is 0 Å². The molecule has 1 spiro atoms. The molecule has 1 aromatic heterocycles. The molecule has 6 nitrogen and oxygen atoms in total. The van der Waals surface area contributed by atoms with Gasteiger partial charge in [0.05, 0.1) is 30.1 Å². The zero-order chi connectivity index (χ0) is 22.5. The molecule has 168 valence electrons. The second-order valence-electron chi connectivity index (χ2n) is 8.56. The predicted molar refractivity (Wildman–Crippen MR) is 123 cm³/mol. The van der Waals surface area contributed by atoms with Crippen molar-refractivity contribution < 1.29 is 25.2 Å². The van der Waals surface area contributed by atoms with Gasteiger partial charge in [-0.05, 0) is 53.3 Å². The highest BCUT2D eigenvalue weighted by Gasteiger charge is 2.57. The van der Waals surface area contributed by atoms with Gasteiger partial charge in [-0.1, -0.05) is 31.2 Å². The average Bonchev–Trinajstić information content (AvgIpc) is 3.17. The molecule has 0 saturated carbocycles. The van der Waals surface area contributed by atoms with E-state index in [0.29, 0.717) is 0 Å². The number of rotatable bonds is 4. The minimum atomic E-state index is -1.42. The standard InChI is InChI=1S/C25H27NO5S/c1-2-14-3-5-15(6-4-14)9-16-7-8-26-20-10-17-13-31-25(19(17)11-18(16)20)24(30)23(29)22(28)21(12-27)32-25/h3-8,10-11,21-24,27-30H,2,9,12-13H2,1H3/t21-,22-,23+,24-,25+/m1/s1. The zero-order valence-corrected chi connectivity index (χ0v) is 18.6. The Labute approximate surface area is 190 Å². The summed E-state index contributed by atoms with van der Waals surface area (Å²) in [6.07, 6.45) is -0.427. The maximum Gasteiger partial charge on any atom is 0.168 e. The third kappa shape index (κ3) is 3.44. The fourth-order valence-corrected chi connectivity index (χ4v) is 6.30. The molecule has 0 unspecified atom stereocenters. The Kier molecular flexibility index (Phi) is 5.73. The molecule has 2 aromatic carbocycles. The number of aliphatic hydroxyl groups excluding tert-OH is 4. The van der Waals surface area contributed by atoms with Crippen molar-refractivity contribution >= 4 is 22.7 Å². The molecular weight excluding hydrogens is 426 g/mol. The molecule has 3 aromatic rings. The van der Waals surface area contributed by atoms with E-state index >= 15 is 0 Å². The molecule has 2 aliphatic heterocycles. The van der Waals surface area contributed by atoms with Crippen LogP contribution in [0.15, 0.2) is 48.7 Å². The molecule has 7 heteroatoms. The van der Waals surface area contributed by atoms with Gasteiger partial charge in [-0.25, -0.2) is 0 Å². The number of nitrogens with zero attached hydrogens (tertiary/aromatic N) is 1. The van der Waals surface area contributed by atoms with Crippen LogP contribution in [0.5, 0.6) is 0 Å². The molecule has 0 amide bonds. The van der Waals surface area contributed by atoms with Crippen LogP contribution in [-0.4, -0.2) is 55.6 Å². The molecule has 32 heavy (non-hydrogen) atoms. The van der Waals surface area contributed by atoms with Crippen molar-refractivity contribution in [2.45, 2.75) is 54.9 Å². The molecule has 5 atom stereocenters. The van der Waals surface area contributed by atoms with E-state index in [-0.39, 0.29) is 13.2 Å². The maximum atomic E-state index is 10.9. The number of aromatic nitrogens is 1. The Bertz CT molecular complexity index is 1140. The summed E-state index contributed by atoms with van der Waals surface area (Å²) in [5.74, 6) is 0. The molecule has 0 radical (unpaired) electrons. The van der Waals surface area contributed by atoms with Gasteiger partial charge in [0.2, 0.25) is 0 Å². The van der Waals surface area contributed by atoms with Crippen molar-refractivity contribution in [3.63, 3.8) is 0 Å². The van der Waals surface area contributed by atoms with Crippen molar-refractivity contribution in [3.05, 3.63) is 76.5 Å². The number of hydrogen-bond acceptors (Lipinski definition) is 7. The second kappa shape index (κ2) is 8.41. The molecule has 3 heterocycles.